The van der Waals surface area contributed by atoms with Crippen LogP contribution < -0.4 is 4.18 Å². The highest BCUT2D eigenvalue weighted by Crippen LogP contribution is 2.17. The number of hydrogen-bond acceptors (Lipinski definition) is 4. The second-order valence-corrected chi connectivity index (χ2v) is 6.69. The van der Waals surface area contributed by atoms with Gasteiger partial charge in [-0.2, -0.15) is 8.42 Å². The first-order valence-electron chi connectivity index (χ1n) is 5.09. The first kappa shape index (κ1) is 14.7. The molecule has 6 heteroatoms. The Morgan fingerprint density at radius 1 is 1.41 bits per heavy atom. The molecule has 0 heterocycles. The lowest BCUT2D eigenvalue weighted by molar-refractivity contribution is 0.167. The molecule has 0 bridgehead atoms. The van der Waals surface area contributed by atoms with Crippen LogP contribution in [0.1, 0.15) is 6.92 Å². The van der Waals surface area contributed by atoms with Gasteiger partial charge in [0, 0.05) is 17.3 Å². The maximum absolute atomic E-state index is 11.7. The van der Waals surface area contributed by atoms with E-state index in [1.54, 1.807) is 32.2 Å². The van der Waals surface area contributed by atoms with Gasteiger partial charge in [0.1, 0.15) is 5.75 Å². The van der Waals surface area contributed by atoms with Gasteiger partial charge in [-0.3, -0.25) is 0 Å². The van der Waals surface area contributed by atoms with Crippen molar-refractivity contribution in [2.75, 3.05) is 19.5 Å². The van der Waals surface area contributed by atoms with Gasteiger partial charge in [-0.1, -0.05) is 13.0 Å². The zero-order valence-corrected chi connectivity index (χ0v) is 12.7. The molecular formula is C11H15IO4S. The molecule has 1 aromatic rings. The Bertz CT molecular complexity index is 458. The molecule has 17 heavy (non-hydrogen) atoms. The van der Waals surface area contributed by atoms with Gasteiger partial charge in [-0.15, -0.1) is 0 Å². The lowest BCUT2D eigenvalue weighted by Gasteiger charge is -2.11. The Hall–Kier alpha value is -0.340. The first-order valence-corrected chi connectivity index (χ1v) is 7.75. The summed E-state index contributed by atoms with van der Waals surface area (Å²) in [5.41, 5.74) is 0. The monoisotopic (exact) mass is 370 g/mol. The average Bonchev–Trinajstić information content (AvgIpc) is 2.15. The highest BCUT2D eigenvalue weighted by molar-refractivity contribution is 14.1. The van der Waals surface area contributed by atoms with E-state index in [0.29, 0.717) is 12.4 Å². The molecule has 0 N–H and O–H groups in total. The largest absolute Gasteiger partial charge is 0.384 e. The highest BCUT2D eigenvalue weighted by Gasteiger charge is 2.17. The molecule has 1 unspecified atom stereocenters. The zero-order chi connectivity index (χ0) is 12.9. The SMILES string of the molecule is COCC(C)CS(=O)(=O)Oc1cccc(I)c1. The van der Waals surface area contributed by atoms with Gasteiger partial charge in [-0.05, 0) is 46.7 Å². The third-order valence-corrected chi connectivity index (χ3v) is 4.05. The number of rotatable bonds is 6. The van der Waals surface area contributed by atoms with Crippen molar-refractivity contribution in [3.63, 3.8) is 0 Å². The van der Waals surface area contributed by atoms with Crippen LogP contribution >= 0.6 is 22.6 Å². The standard InChI is InChI=1S/C11H15IO4S/c1-9(7-15-2)8-17(13,14)16-11-5-3-4-10(12)6-11/h3-6,9H,7-8H2,1-2H3. The number of halogens is 1. The molecule has 0 aliphatic rings. The second kappa shape index (κ2) is 6.55. The van der Waals surface area contributed by atoms with E-state index in [9.17, 15) is 8.42 Å². The number of hydrogen-bond donors (Lipinski definition) is 0. The van der Waals surface area contributed by atoms with Crippen molar-refractivity contribution in [1.82, 2.24) is 0 Å². The molecule has 1 atom stereocenters. The zero-order valence-electron chi connectivity index (χ0n) is 9.72. The second-order valence-electron chi connectivity index (χ2n) is 3.83. The van der Waals surface area contributed by atoms with Crippen molar-refractivity contribution in [3.05, 3.63) is 27.8 Å². The van der Waals surface area contributed by atoms with Crippen LogP contribution in [0.4, 0.5) is 0 Å². The molecule has 0 aromatic heterocycles. The van der Waals surface area contributed by atoms with Gasteiger partial charge in [0.25, 0.3) is 0 Å². The predicted molar refractivity (Wildman–Crippen MR) is 74.6 cm³/mol. The number of ether oxygens (including phenoxy) is 1. The van der Waals surface area contributed by atoms with Crippen LogP contribution in [0.2, 0.25) is 0 Å². The van der Waals surface area contributed by atoms with E-state index < -0.39 is 10.1 Å². The molecule has 0 aliphatic heterocycles. The Kier molecular flexibility index (Phi) is 5.68. The van der Waals surface area contributed by atoms with Crippen LogP contribution in [0.15, 0.2) is 24.3 Å². The quantitative estimate of drug-likeness (QED) is 0.570. The Morgan fingerprint density at radius 3 is 2.71 bits per heavy atom. The minimum atomic E-state index is -3.56. The Balaban J connectivity index is 2.67. The molecule has 0 saturated heterocycles. The summed E-state index contributed by atoms with van der Waals surface area (Å²) >= 11 is 2.10. The fraction of sp³-hybridized carbons (Fsp3) is 0.455. The van der Waals surface area contributed by atoms with E-state index in [0.717, 1.165) is 3.57 Å². The summed E-state index contributed by atoms with van der Waals surface area (Å²) < 4.78 is 34.3. The summed E-state index contributed by atoms with van der Waals surface area (Å²) in [6, 6.07) is 6.93. The summed E-state index contributed by atoms with van der Waals surface area (Å²) in [6.45, 7) is 2.20. The van der Waals surface area contributed by atoms with Crippen LogP contribution in [0.3, 0.4) is 0 Å². The molecule has 96 valence electrons. The summed E-state index contributed by atoms with van der Waals surface area (Å²) in [5, 5.41) is 0. The van der Waals surface area contributed by atoms with Gasteiger partial charge in [0.2, 0.25) is 0 Å². The van der Waals surface area contributed by atoms with Crippen molar-refractivity contribution in [3.8, 4) is 5.75 Å². The summed E-state index contributed by atoms with van der Waals surface area (Å²) in [4.78, 5) is 0. The molecule has 0 fully saturated rings. The van der Waals surface area contributed by atoms with E-state index in [1.165, 1.54) is 0 Å². The van der Waals surface area contributed by atoms with Gasteiger partial charge < -0.3 is 8.92 Å². The molecule has 0 amide bonds. The van der Waals surface area contributed by atoms with Gasteiger partial charge >= 0.3 is 10.1 Å². The first-order chi connectivity index (χ1) is 7.93. The lowest BCUT2D eigenvalue weighted by atomic mass is 10.2. The maximum Gasteiger partial charge on any atom is 0.309 e. The van der Waals surface area contributed by atoms with Crippen LogP contribution in [0.5, 0.6) is 5.75 Å². The Labute approximate surface area is 116 Å². The van der Waals surface area contributed by atoms with Crippen molar-refractivity contribution in [1.29, 1.82) is 0 Å². The molecule has 1 rings (SSSR count). The minimum absolute atomic E-state index is 0.0493. The molecule has 4 nitrogen and oxygen atoms in total. The third-order valence-electron chi connectivity index (χ3n) is 1.96. The van der Waals surface area contributed by atoms with E-state index in [1.807, 2.05) is 6.07 Å². The number of benzene rings is 1. The van der Waals surface area contributed by atoms with Crippen LogP contribution in [-0.4, -0.2) is 27.9 Å². The van der Waals surface area contributed by atoms with Gasteiger partial charge in [0.15, 0.2) is 0 Å². The molecule has 1 aromatic carbocycles. The van der Waals surface area contributed by atoms with E-state index in [4.69, 9.17) is 8.92 Å². The normalized spacial score (nSPS) is 13.4. The Morgan fingerprint density at radius 2 is 2.12 bits per heavy atom. The smallest absolute Gasteiger partial charge is 0.309 e. The minimum Gasteiger partial charge on any atom is -0.384 e. The molecule has 0 spiro atoms. The van der Waals surface area contributed by atoms with Crippen molar-refractivity contribution in [2.45, 2.75) is 6.92 Å². The summed E-state index contributed by atoms with van der Waals surface area (Å²) in [6.07, 6.45) is 0. The molecule has 0 radical (unpaired) electrons. The topological polar surface area (TPSA) is 52.6 Å². The predicted octanol–water partition coefficient (Wildman–Crippen LogP) is 2.28. The molecule has 0 saturated carbocycles. The third kappa shape index (κ3) is 5.69. The molecule has 0 aliphatic carbocycles. The van der Waals surface area contributed by atoms with Crippen molar-refractivity contribution in [2.24, 2.45) is 5.92 Å². The molecular weight excluding hydrogens is 355 g/mol. The van der Waals surface area contributed by atoms with E-state index in [-0.39, 0.29) is 11.7 Å². The summed E-state index contributed by atoms with van der Waals surface area (Å²) in [5.74, 6) is 0.209. The highest BCUT2D eigenvalue weighted by atomic mass is 127. The average molecular weight is 370 g/mol. The number of methoxy groups -OCH3 is 1. The van der Waals surface area contributed by atoms with Crippen molar-refractivity contribution >= 4 is 32.7 Å². The lowest BCUT2D eigenvalue weighted by Crippen LogP contribution is -2.21. The van der Waals surface area contributed by atoms with E-state index in [2.05, 4.69) is 22.6 Å². The van der Waals surface area contributed by atoms with Crippen LogP contribution in [0.25, 0.3) is 0 Å². The van der Waals surface area contributed by atoms with E-state index >= 15 is 0 Å². The fourth-order valence-corrected chi connectivity index (χ4v) is 3.15. The van der Waals surface area contributed by atoms with Gasteiger partial charge in [0.05, 0.1) is 5.75 Å². The van der Waals surface area contributed by atoms with Gasteiger partial charge in [-0.25, -0.2) is 0 Å². The van der Waals surface area contributed by atoms with Crippen molar-refractivity contribution < 1.29 is 17.3 Å². The maximum atomic E-state index is 11.7. The van der Waals surface area contributed by atoms with Crippen LogP contribution in [-0.2, 0) is 14.9 Å². The fourth-order valence-electron chi connectivity index (χ4n) is 1.38. The summed E-state index contributed by atoms with van der Waals surface area (Å²) in [7, 11) is -2.01. The van der Waals surface area contributed by atoms with Crippen LogP contribution in [0, 0.1) is 9.49 Å².